The monoisotopic (exact) mass is 470 g/mol. The zero-order chi connectivity index (χ0) is 22.4. The molecule has 1 fully saturated rings. The molecule has 1 saturated heterocycles. The normalized spacial score (nSPS) is 17.6. The van der Waals surface area contributed by atoms with Gasteiger partial charge in [-0.05, 0) is 42.7 Å². The molecule has 4 rings (SSSR count). The summed E-state index contributed by atoms with van der Waals surface area (Å²) in [5, 5.41) is 0.315. The lowest BCUT2D eigenvalue weighted by atomic mass is 10.1. The highest BCUT2D eigenvalue weighted by molar-refractivity contribution is 7.91. The molecule has 3 aromatic rings. The third-order valence-corrected chi connectivity index (χ3v) is 9.06. The number of fused-ring (bicyclic) bond motifs is 1. The Labute approximate surface area is 178 Å². The number of aromatic amines is 1. The first kappa shape index (κ1) is 21.8. The van der Waals surface area contributed by atoms with Crippen LogP contribution in [0.2, 0.25) is 0 Å². The Morgan fingerprint density at radius 3 is 2.48 bits per heavy atom. The Balaban J connectivity index is 1.62. The summed E-state index contributed by atoms with van der Waals surface area (Å²) in [4.78, 5) is 10.7. The number of rotatable bonds is 5. The summed E-state index contributed by atoms with van der Waals surface area (Å²) in [5.74, 6) is -0.0849. The van der Waals surface area contributed by atoms with E-state index >= 15 is 0 Å². The molecule has 8 nitrogen and oxygen atoms in total. The zero-order valence-corrected chi connectivity index (χ0v) is 18.1. The van der Waals surface area contributed by atoms with E-state index in [4.69, 9.17) is 0 Å². The standard InChI is InChI=1S/C19H20F2N4O4S2/c1-25(13-5-8-30(26,27)9-6-13)31(28,29)17-3-2-12(11-23-17)14-4-7-22-19-15(14)10-16(24-19)18(20)21/h2-4,7,10-11,13,18H,5-6,8-9H2,1H3,(H,22,24). The van der Waals surface area contributed by atoms with Crippen LogP contribution in [0.3, 0.4) is 0 Å². The fraction of sp³-hybridized carbons (Fsp3) is 0.368. The van der Waals surface area contributed by atoms with Gasteiger partial charge < -0.3 is 4.98 Å². The van der Waals surface area contributed by atoms with E-state index in [1.165, 1.54) is 35.9 Å². The van der Waals surface area contributed by atoms with Crippen molar-refractivity contribution in [2.45, 2.75) is 30.3 Å². The Hall–Kier alpha value is -2.44. The molecule has 0 amide bonds. The molecule has 0 bridgehead atoms. The van der Waals surface area contributed by atoms with Crippen molar-refractivity contribution in [3.8, 4) is 11.1 Å². The molecular formula is C19H20F2N4O4S2. The Morgan fingerprint density at radius 1 is 1.16 bits per heavy atom. The van der Waals surface area contributed by atoms with Crippen LogP contribution in [0.15, 0.2) is 41.7 Å². The van der Waals surface area contributed by atoms with Crippen LogP contribution in [0.5, 0.6) is 0 Å². The molecule has 4 heterocycles. The van der Waals surface area contributed by atoms with Gasteiger partial charge in [-0.15, -0.1) is 0 Å². The molecule has 1 aliphatic rings. The maximum atomic E-state index is 13.0. The number of alkyl halides is 2. The van der Waals surface area contributed by atoms with Crippen molar-refractivity contribution in [3.05, 3.63) is 42.4 Å². The van der Waals surface area contributed by atoms with Crippen LogP contribution < -0.4 is 0 Å². The molecule has 31 heavy (non-hydrogen) atoms. The van der Waals surface area contributed by atoms with Crippen molar-refractivity contribution >= 4 is 30.9 Å². The van der Waals surface area contributed by atoms with Gasteiger partial charge in [0.25, 0.3) is 16.4 Å². The zero-order valence-electron chi connectivity index (χ0n) is 16.5. The molecule has 0 unspecified atom stereocenters. The van der Waals surface area contributed by atoms with Crippen LogP contribution >= 0.6 is 0 Å². The van der Waals surface area contributed by atoms with Crippen molar-refractivity contribution in [2.75, 3.05) is 18.6 Å². The predicted molar refractivity (Wildman–Crippen MR) is 111 cm³/mol. The topological polar surface area (TPSA) is 113 Å². The summed E-state index contributed by atoms with van der Waals surface area (Å²) in [7, 11) is -5.60. The Morgan fingerprint density at radius 2 is 1.87 bits per heavy atom. The minimum Gasteiger partial charge on any atom is -0.338 e. The van der Waals surface area contributed by atoms with Crippen molar-refractivity contribution in [1.82, 2.24) is 19.3 Å². The highest BCUT2D eigenvalue weighted by Crippen LogP contribution is 2.31. The van der Waals surface area contributed by atoms with Gasteiger partial charge in [-0.3, -0.25) is 0 Å². The Bertz CT molecular complexity index is 1310. The van der Waals surface area contributed by atoms with Crippen LogP contribution in [-0.4, -0.2) is 60.7 Å². The SMILES string of the molecule is CN(C1CCS(=O)(=O)CC1)S(=O)(=O)c1ccc(-c2ccnc3[nH]c(C(F)F)cc23)cn1. The molecule has 0 atom stereocenters. The molecule has 0 spiro atoms. The van der Waals surface area contributed by atoms with Gasteiger partial charge in [-0.2, -0.15) is 4.31 Å². The molecule has 0 radical (unpaired) electrons. The minimum absolute atomic E-state index is 0.0425. The van der Waals surface area contributed by atoms with Crippen molar-refractivity contribution in [2.24, 2.45) is 0 Å². The average Bonchev–Trinajstić information content (AvgIpc) is 3.18. The number of sulfone groups is 1. The first-order chi connectivity index (χ1) is 14.6. The van der Waals surface area contributed by atoms with E-state index in [1.807, 2.05) is 0 Å². The molecule has 0 saturated carbocycles. The maximum absolute atomic E-state index is 13.0. The molecular weight excluding hydrogens is 450 g/mol. The Kier molecular flexibility index (Phi) is 5.56. The lowest BCUT2D eigenvalue weighted by Crippen LogP contribution is -2.42. The van der Waals surface area contributed by atoms with Gasteiger partial charge in [-0.1, -0.05) is 0 Å². The van der Waals surface area contributed by atoms with E-state index in [9.17, 15) is 25.6 Å². The molecule has 166 valence electrons. The smallest absolute Gasteiger partial charge is 0.278 e. The van der Waals surface area contributed by atoms with E-state index in [-0.39, 0.29) is 35.1 Å². The minimum atomic E-state index is -3.91. The summed E-state index contributed by atoms with van der Waals surface area (Å²) in [5.41, 5.74) is 1.20. The van der Waals surface area contributed by atoms with Gasteiger partial charge in [0, 0.05) is 36.4 Å². The van der Waals surface area contributed by atoms with Crippen LogP contribution in [0.4, 0.5) is 8.78 Å². The van der Waals surface area contributed by atoms with Crippen LogP contribution in [-0.2, 0) is 19.9 Å². The van der Waals surface area contributed by atoms with E-state index in [0.717, 1.165) is 0 Å². The van der Waals surface area contributed by atoms with E-state index < -0.39 is 32.3 Å². The van der Waals surface area contributed by atoms with Crippen LogP contribution in [0.1, 0.15) is 25.0 Å². The number of sulfonamides is 1. The predicted octanol–water partition coefficient (Wildman–Crippen LogP) is 2.76. The number of H-pyrrole nitrogens is 1. The third kappa shape index (κ3) is 4.19. The van der Waals surface area contributed by atoms with Gasteiger partial charge >= 0.3 is 0 Å². The number of nitrogens with one attached hydrogen (secondary N) is 1. The molecule has 1 N–H and O–H groups in total. The van der Waals surface area contributed by atoms with Gasteiger partial charge in [0.05, 0.1) is 17.2 Å². The summed E-state index contributed by atoms with van der Waals surface area (Å²) >= 11 is 0. The fourth-order valence-corrected chi connectivity index (χ4v) is 6.48. The molecule has 3 aromatic heterocycles. The maximum Gasteiger partial charge on any atom is 0.278 e. The van der Waals surface area contributed by atoms with Crippen molar-refractivity contribution in [3.63, 3.8) is 0 Å². The van der Waals surface area contributed by atoms with Crippen LogP contribution in [0.25, 0.3) is 22.2 Å². The number of hydrogen-bond donors (Lipinski definition) is 1. The lowest BCUT2D eigenvalue weighted by molar-refractivity contribution is 0.147. The number of aromatic nitrogens is 3. The summed E-state index contributed by atoms with van der Waals surface area (Å²) < 4.78 is 76.3. The molecule has 12 heteroatoms. The highest BCUT2D eigenvalue weighted by atomic mass is 32.2. The first-order valence-electron chi connectivity index (χ1n) is 9.49. The second-order valence-corrected chi connectivity index (χ2v) is 11.7. The van der Waals surface area contributed by atoms with Crippen LogP contribution in [0, 0.1) is 0 Å². The van der Waals surface area contributed by atoms with Gasteiger partial charge in [-0.25, -0.2) is 35.6 Å². The summed E-state index contributed by atoms with van der Waals surface area (Å²) in [6.07, 6.45) is 0.656. The van der Waals surface area contributed by atoms with Crippen molar-refractivity contribution in [1.29, 1.82) is 0 Å². The van der Waals surface area contributed by atoms with Gasteiger partial charge in [0.15, 0.2) is 5.03 Å². The molecule has 1 aliphatic heterocycles. The van der Waals surface area contributed by atoms with Gasteiger partial charge in [0.2, 0.25) is 0 Å². The highest BCUT2D eigenvalue weighted by Gasteiger charge is 2.33. The molecule has 0 aliphatic carbocycles. The van der Waals surface area contributed by atoms with Gasteiger partial charge in [0.1, 0.15) is 15.5 Å². The number of halogens is 2. The number of nitrogens with zero attached hydrogens (tertiary/aromatic N) is 3. The second-order valence-electron chi connectivity index (χ2n) is 7.44. The number of hydrogen-bond acceptors (Lipinski definition) is 6. The third-order valence-electron chi connectivity index (χ3n) is 5.52. The second kappa shape index (κ2) is 7.92. The first-order valence-corrected chi connectivity index (χ1v) is 12.8. The average molecular weight is 471 g/mol. The lowest BCUT2D eigenvalue weighted by Gasteiger charge is -2.30. The summed E-state index contributed by atoms with van der Waals surface area (Å²) in [6, 6.07) is 5.46. The van der Waals surface area contributed by atoms with E-state index in [0.29, 0.717) is 22.2 Å². The summed E-state index contributed by atoms with van der Waals surface area (Å²) in [6.45, 7) is 0. The quantitative estimate of drug-likeness (QED) is 0.614. The largest absolute Gasteiger partial charge is 0.338 e. The van der Waals surface area contributed by atoms with E-state index in [1.54, 1.807) is 12.1 Å². The van der Waals surface area contributed by atoms with Crippen molar-refractivity contribution < 1.29 is 25.6 Å². The fourth-order valence-electron chi connectivity index (χ4n) is 3.69. The van der Waals surface area contributed by atoms with E-state index in [2.05, 4.69) is 15.0 Å². The molecule has 0 aromatic carbocycles. The number of pyridine rings is 2.